The number of halogens is 3. The number of anilines is 4. The van der Waals surface area contributed by atoms with Crippen LogP contribution in [0.25, 0.3) is 11.0 Å². The fourth-order valence-corrected chi connectivity index (χ4v) is 1.96. The maximum atomic E-state index is 12.6. The SMILES string of the molecule is CNc1nc(NCC(C)(C)O)c2nc(NC)nc(NCC(F)F)c2n1.Cl. The number of hydrogen-bond donors (Lipinski definition) is 5. The summed E-state index contributed by atoms with van der Waals surface area (Å²) in [5.74, 6) is 1.03. The van der Waals surface area contributed by atoms with Crippen LogP contribution in [0, 0.1) is 0 Å². The van der Waals surface area contributed by atoms with E-state index in [0.29, 0.717) is 11.3 Å². The van der Waals surface area contributed by atoms with Gasteiger partial charge in [0.25, 0.3) is 6.43 Å². The Hall–Kier alpha value is -2.27. The molecule has 0 amide bonds. The van der Waals surface area contributed by atoms with Crippen LogP contribution in [0.2, 0.25) is 0 Å². The third kappa shape index (κ3) is 5.63. The maximum absolute atomic E-state index is 12.6. The largest absolute Gasteiger partial charge is 0.389 e. The van der Waals surface area contributed by atoms with Gasteiger partial charge in [-0.25, -0.2) is 18.7 Å². The topological polar surface area (TPSA) is 120 Å². The fourth-order valence-electron chi connectivity index (χ4n) is 1.96. The van der Waals surface area contributed by atoms with E-state index in [-0.39, 0.29) is 42.2 Å². The molecular weight excluding hydrogens is 370 g/mol. The molecular formula is C14H23ClF2N8O. The summed E-state index contributed by atoms with van der Waals surface area (Å²) in [6, 6.07) is 0. The molecule has 0 atom stereocenters. The van der Waals surface area contributed by atoms with Gasteiger partial charge in [-0.1, -0.05) is 0 Å². The van der Waals surface area contributed by atoms with Crippen LogP contribution in [0.1, 0.15) is 13.8 Å². The number of alkyl halides is 2. The van der Waals surface area contributed by atoms with E-state index in [1.165, 1.54) is 0 Å². The zero-order valence-corrected chi connectivity index (χ0v) is 15.7. The quantitative estimate of drug-likeness (QED) is 0.457. The monoisotopic (exact) mass is 392 g/mol. The molecule has 0 aliphatic carbocycles. The Morgan fingerprint density at radius 2 is 1.38 bits per heavy atom. The van der Waals surface area contributed by atoms with Gasteiger partial charge in [-0.2, -0.15) is 9.97 Å². The second kappa shape index (κ2) is 8.90. The summed E-state index contributed by atoms with van der Waals surface area (Å²) in [5, 5.41) is 21.1. The zero-order chi connectivity index (χ0) is 18.6. The van der Waals surface area contributed by atoms with Crippen molar-refractivity contribution in [1.29, 1.82) is 0 Å². The number of aliphatic hydroxyl groups is 1. The molecule has 26 heavy (non-hydrogen) atoms. The molecule has 0 aliphatic rings. The summed E-state index contributed by atoms with van der Waals surface area (Å²) < 4.78 is 25.1. The minimum absolute atomic E-state index is 0. The lowest BCUT2D eigenvalue weighted by Crippen LogP contribution is -2.30. The van der Waals surface area contributed by atoms with E-state index in [0.717, 1.165) is 0 Å². The Labute approximate surface area is 155 Å². The van der Waals surface area contributed by atoms with Crippen LogP contribution in [-0.4, -0.2) is 64.3 Å². The molecule has 2 aromatic rings. The van der Waals surface area contributed by atoms with Crippen molar-refractivity contribution in [3.63, 3.8) is 0 Å². The molecule has 0 fully saturated rings. The van der Waals surface area contributed by atoms with E-state index in [1.54, 1.807) is 27.9 Å². The average Bonchev–Trinajstić information content (AvgIpc) is 2.56. The second-order valence-electron chi connectivity index (χ2n) is 5.93. The molecule has 0 aromatic carbocycles. The molecule has 0 saturated carbocycles. The first-order chi connectivity index (χ1) is 11.7. The molecule has 0 spiro atoms. The standard InChI is InChI=1S/C14H22F2N8O.ClH/c1-14(2,25)6-20-11-9-8(21-13(18-4)24-11)10(19-5-7(15)16)23-12(17-3)22-9;/h7,25H,5-6H2,1-4H3,(H2,17,19,22,23)(H2,18,20,21,24);1H. The lowest BCUT2D eigenvalue weighted by Gasteiger charge is -2.19. The van der Waals surface area contributed by atoms with Gasteiger partial charge < -0.3 is 26.4 Å². The summed E-state index contributed by atoms with van der Waals surface area (Å²) in [6.07, 6.45) is -2.54. The normalized spacial score (nSPS) is 11.2. The molecule has 2 aromatic heterocycles. The van der Waals surface area contributed by atoms with Crippen LogP contribution in [0.3, 0.4) is 0 Å². The van der Waals surface area contributed by atoms with Crippen LogP contribution in [0.4, 0.5) is 32.3 Å². The van der Waals surface area contributed by atoms with Crippen LogP contribution < -0.4 is 21.3 Å². The van der Waals surface area contributed by atoms with Crippen LogP contribution >= 0.6 is 12.4 Å². The Morgan fingerprint density at radius 1 is 0.923 bits per heavy atom. The van der Waals surface area contributed by atoms with Gasteiger partial charge in [0.1, 0.15) is 11.0 Å². The van der Waals surface area contributed by atoms with Crippen LogP contribution in [-0.2, 0) is 0 Å². The number of aromatic nitrogens is 4. The van der Waals surface area contributed by atoms with Crippen molar-refractivity contribution in [2.45, 2.75) is 25.9 Å². The Bertz CT molecular complexity index is 741. The molecule has 0 unspecified atom stereocenters. The third-order valence-corrected chi connectivity index (χ3v) is 3.10. The third-order valence-electron chi connectivity index (χ3n) is 3.10. The summed E-state index contributed by atoms with van der Waals surface area (Å²) in [7, 11) is 3.25. The molecule has 0 saturated heterocycles. The van der Waals surface area contributed by atoms with Gasteiger partial charge >= 0.3 is 0 Å². The van der Waals surface area contributed by atoms with Gasteiger partial charge in [0.15, 0.2) is 11.6 Å². The van der Waals surface area contributed by atoms with Crippen molar-refractivity contribution in [2.24, 2.45) is 0 Å². The van der Waals surface area contributed by atoms with Gasteiger partial charge in [0.2, 0.25) is 11.9 Å². The summed E-state index contributed by atoms with van der Waals surface area (Å²) >= 11 is 0. The average molecular weight is 393 g/mol. The minimum Gasteiger partial charge on any atom is -0.389 e. The van der Waals surface area contributed by atoms with Gasteiger partial charge in [-0.05, 0) is 13.8 Å². The molecule has 5 N–H and O–H groups in total. The van der Waals surface area contributed by atoms with E-state index in [2.05, 4.69) is 41.2 Å². The van der Waals surface area contributed by atoms with Crippen molar-refractivity contribution in [2.75, 3.05) is 48.5 Å². The Balaban J connectivity index is 0.00000338. The number of rotatable bonds is 8. The van der Waals surface area contributed by atoms with Crippen LogP contribution in [0.15, 0.2) is 0 Å². The Morgan fingerprint density at radius 3 is 1.77 bits per heavy atom. The molecule has 2 heterocycles. The molecule has 2 rings (SSSR count). The smallest absolute Gasteiger partial charge is 0.255 e. The molecule has 0 bridgehead atoms. The Kier molecular flexibility index (Phi) is 7.45. The molecule has 9 nitrogen and oxygen atoms in total. The number of fused-ring (bicyclic) bond motifs is 1. The predicted octanol–water partition coefficient (Wildman–Crippen LogP) is 1.78. The van der Waals surface area contributed by atoms with Gasteiger partial charge in [0, 0.05) is 20.6 Å². The van der Waals surface area contributed by atoms with Crippen molar-refractivity contribution in [3.8, 4) is 0 Å². The molecule has 12 heteroatoms. The molecule has 0 radical (unpaired) electrons. The van der Waals surface area contributed by atoms with E-state index >= 15 is 0 Å². The summed E-state index contributed by atoms with van der Waals surface area (Å²) in [6.45, 7) is 2.93. The van der Waals surface area contributed by atoms with Gasteiger partial charge in [-0.15, -0.1) is 12.4 Å². The number of nitrogens with one attached hydrogen (secondary N) is 4. The van der Waals surface area contributed by atoms with E-state index in [1.807, 2.05) is 0 Å². The lowest BCUT2D eigenvalue weighted by atomic mass is 10.1. The highest BCUT2D eigenvalue weighted by molar-refractivity contribution is 5.94. The first-order valence-corrected chi connectivity index (χ1v) is 7.67. The predicted molar refractivity (Wildman–Crippen MR) is 101 cm³/mol. The first kappa shape index (κ1) is 21.8. The number of nitrogens with zero attached hydrogens (tertiary/aromatic N) is 4. The fraction of sp³-hybridized carbons (Fsp3) is 0.571. The highest BCUT2D eigenvalue weighted by Crippen LogP contribution is 2.27. The first-order valence-electron chi connectivity index (χ1n) is 7.67. The van der Waals surface area contributed by atoms with Gasteiger partial charge in [-0.3, -0.25) is 0 Å². The number of hydrogen-bond acceptors (Lipinski definition) is 9. The lowest BCUT2D eigenvalue weighted by molar-refractivity contribution is 0.0944. The summed E-state index contributed by atoms with van der Waals surface area (Å²) in [4.78, 5) is 17.0. The maximum Gasteiger partial charge on any atom is 0.255 e. The zero-order valence-electron chi connectivity index (χ0n) is 14.9. The van der Waals surface area contributed by atoms with Crippen molar-refractivity contribution in [3.05, 3.63) is 0 Å². The minimum atomic E-state index is -2.54. The highest BCUT2D eigenvalue weighted by Gasteiger charge is 2.19. The van der Waals surface area contributed by atoms with Gasteiger partial charge in [0.05, 0.1) is 12.1 Å². The van der Waals surface area contributed by atoms with Crippen LogP contribution in [0.5, 0.6) is 0 Å². The summed E-state index contributed by atoms with van der Waals surface area (Å²) in [5.41, 5.74) is -0.344. The highest BCUT2D eigenvalue weighted by atomic mass is 35.5. The molecule has 0 aliphatic heterocycles. The van der Waals surface area contributed by atoms with E-state index in [9.17, 15) is 13.9 Å². The van der Waals surface area contributed by atoms with E-state index < -0.39 is 18.6 Å². The van der Waals surface area contributed by atoms with Crippen molar-refractivity contribution < 1.29 is 13.9 Å². The van der Waals surface area contributed by atoms with Crippen molar-refractivity contribution in [1.82, 2.24) is 19.9 Å². The van der Waals surface area contributed by atoms with Crippen molar-refractivity contribution >= 4 is 47.0 Å². The van der Waals surface area contributed by atoms with E-state index in [4.69, 9.17) is 0 Å². The molecule has 146 valence electrons. The second-order valence-corrected chi connectivity index (χ2v) is 5.93.